The van der Waals surface area contributed by atoms with Gasteiger partial charge in [-0.3, -0.25) is 14.5 Å². The third-order valence-electron chi connectivity index (χ3n) is 2.62. The molecule has 1 unspecified atom stereocenters. The van der Waals surface area contributed by atoms with Crippen LogP contribution in [0.15, 0.2) is 24.3 Å². The standard InChI is InChI=1S/C12H13NO4S/c14-5-8(15)6-18-7-13-11(16)9-3-1-2-4-10(9)12(13)17/h1-4,8,14-15H,5-7H2. The van der Waals surface area contributed by atoms with Gasteiger partial charge in [0, 0.05) is 5.75 Å². The van der Waals surface area contributed by atoms with Crippen LogP contribution in [0, 0.1) is 0 Å². The van der Waals surface area contributed by atoms with Crippen LogP contribution in [-0.2, 0) is 0 Å². The number of hydrogen-bond acceptors (Lipinski definition) is 5. The SMILES string of the molecule is O=C1c2ccccc2C(=O)N1CSCC(O)CO. The van der Waals surface area contributed by atoms with Crippen molar-refractivity contribution in [3.05, 3.63) is 35.4 Å². The Labute approximate surface area is 108 Å². The Morgan fingerprint density at radius 3 is 2.22 bits per heavy atom. The molecule has 1 aliphatic heterocycles. The number of aliphatic hydroxyl groups is 2. The maximum Gasteiger partial charge on any atom is 0.262 e. The molecular weight excluding hydrogens is 254 g/mol. The molecule has 18 heavy (non-hydrogen) atoms. The molecule has 1 aromatic rings. The monoisotopic (exact) mass is 267 g/mol. The number of carbonyl (C=O) groups excluding carboxylic acids is 2. The molecule has 96 valence electrons. The van der Waals surface area contributed by atoms with Gasteiger partial charge in [-0.2, -0.15) is 0 Å². The van der Waals surface area contributed by atoms with Crippen LogP contribution in [-0.4, -0.2) is 51.3 Å². The first-order valence-electron chi connectivity index (χ1n) is 5.47. The molecule has 6 heteroatoms. The minimum atomic E-state index is -0.829. The van der Waals surface area contributed by atoms with Crippen molar-refractivity contribution in [2.45, 2.75) is 6.10 Å². The van der Waals surface area contributed by atoms with Crippen molar-refractivity contribution in [3.8, 4) is 0 Å². The third-order valence-corrected chi connectivity index (χ3v) is 3.68. The van der Waals surface area contributed by atoms with E-state index in [1.165, 1.54) is 11.8 Å². The van der Waals surface area contributed by atoms with Crippen molar-refractivity contribution in [3.63, 3.8) is 0 Å². The van der Waals surface area contributed by atoms with Crippen LogP contribution in [0.5, 0.6) is 0 Å². The molecule has 0 saturated carbocycles. The van der Waals surface area contributed by atoms with E-state index >= 15 is 0 Å². The Balaban J connectivity index is 2.01. The molecule has 2 N–H and O–H groups in total. The summed E-state index contributed by atoms with van der Waals surface area (Å²) in [5, 5.41) is 17.8. The van der Waals surface area contributed by atoms with Crippen molar-refractivity contribution < 1.29 is 19.8 Å². The minimum absolute atomic E-state index is 0.184. The van der Waals surface area contributed by atoms with Crippen LogP contribution in [0.25, 0.3) is 0 Å². The molecule has 1 aliphatic rings. The highest BCUT2D eigenvalue weighted by atomic mass is 32.2. The second kappa shape index (κ2) is 5.51. The first-order valence-corrected chi connectivity index (χ1v) is 6.62. The maximum atomic E-state index is 11.9. The van der Waals surface area contributed by atoms with Gasteiger partial charge >= 0.3 is 0 Å². The van der Waals surface area contributed by atoms with Crippen LogP contribution >= 0.6 is 11.8 Å². The van der Waals surface area contributed by atoms with Crippen LogP contribution < -0.4 is 0 Å². The van der Waals surface area contributed by atoms with Crippen LogP contribution in [0.1, 0.15) is 20.7 Å². The van der Waals surface area contributed by atoms with E-state index in [0.29, 0.717) is 11.1 Å². The highest BCUT2D eigenvalue weighted by Gasteiger charge is 2.34. The summed E-state index contributed by atoms with van der Waals surface area (Å²) in [6.45, 7) is -0.324. The lowest BCUT2D eigenvalue weighted by molar-refractivity contribution is 0.0683. The molecule has 5 nitrogen and oxygen atoms in total. The van der Waals surface area contributed by atoms with E-state index in [1.807, 2.05) is 0 Å². The van der Waals surface area contributed by atoms with E-state index < -0.39 is 6.10 Å². The van der Waals surface area contributed by atoms with Gasteiger partial charge in [-0.05, 0) is 12.1 Å². The number of fused-ring (bicyclic) bond motifs is 1. The van der Waals surface area contributed by atoms with Gasteiger partial charge < -0.3 is 10.2 Å². The topological polar surface area (TPSA) is 77.8 Å². The zero-order chi connectivity index (χ0) is 13.1. The number of thioether (sulfide) groups is 1. The minimum Gasteiger partial charge on any atom is -0.394 e. The molecule has 0 aromatic heterocycles. The summed E-state index contributed by atoms with van der Waals surface area (Å²) in [6, 6.07) is 6.69. The molecule has 1 heterocycles. The molecule has 0 saturated heterocycles. The number of rotatable bonds is 5. The molecule has 0 radical (unpaired) electrons. The van der Waals surface area contributed by atoms with Crippen molar-refractivity contribution in [2.24, 2.45) is 0 Å². The summed E-state index contributed by atoms with van der Waals surface area (Å²) in [6.07, 6.45) is -0.829. The molecule has 0 aliphatic carbocycles. The molecular formula is C12H13NO4S. The van der Waals surface area contributed by atoms with Gasteiger partial charge in [0.25, 0.3) is 11.8 Å². The number of nitrogens with zero attached hydrogens (tertiary/aromatic N) is 1. The normalized spacial score (nSPS) is 16.0. The van der Waals surface area contributed by atoms with Gasteiger partial charge in [-0.1, -0.05) is 12.1 Å². The summed E-state index contributed by atoms with van der Waals surface area (Å²) in [4.78, 5) is 25.0. The molecule has 1 atom stereocenters. The van der Waals surface area contributed by atoms with E-state index in [-0.39, 0.29) is 30.1 Å². The highest BCUT2D eigenvalue weighted by molar-refractivity contribution is 7.99. The fourth-order valence-corrected chi connectivity index (χ4v) is 2.59. The zero-order valence-electron chi connectivity index (χ0n) is 9.57. The van der Waals surface area contributed by atoms with Gasteiger partial charge in [-0.15, -0.1) is 11.8 Å². The summed E-state index contributed by atoms with van der Waals surface area (Å²) in [5.41, 5.74) is 0.844. The lowest BCUT2D eigenvalue weighted by atomic mass is 10.1. The second-order valence-corrected chi connectivity index (χ2v) is 4.92. The molecule has 0 bridgehead atoms. The van der Waals surface area contributed by atoms with E-state index in [2.05, 4.69) is 0 Å². The fourth-order valence-electron chi connectivity index (χ4n) is 1.69. The largest absolute Gasteiger partial charge is 0.394 e. The lowest BCUT2D eigenvalue weighted by Crippen LogP contribution is -2.30. The van der Waals surface area contributed by atoms with E-state index in [0.717, 1.165) is 4.90 Å². The van der Waals surface area contributed by atoms with Crippen molar-refractivity contribution >= 4 is 23.6 Å². The Morgan fingerprint density at radius 1 is 1.17 bits per heavy atom. The summed E-state index contributed by atoms with van der Waals surface area (Å²) < 4.78 is 0. The smallest absolute Gasteiger partial charge is 0.262 e. The number of amides is 2. The fraction of sp³-hybridized carbons (Fsp3) is 0.333. The molecule has 0 spiro atoms. The first-order chi connectivity index (χ1) is 8.65. The van der Waals surface area contributed by atoms with Crippen molar-refractivity contribution in [1.82, 2.24) is 4.90 Å². The van der Waals surface area contributed by atoms with Gasteiger partial charge in [-0.25, -0.2) is 0 Å². The van der Waals surface area contributed by atoms with Gasteiger partial charge in [0.05, 0.1) is 29.7 Å². The Morgan fingerprint density at radius 2 is 1.72 bits per heavy atom. The zero-order valence-corrected chi connectivity index (χ0v) is 10.4. The van der Waals surface area contributed by atoms with Gasteiger partial charge in [0.1, 0.15) is 0 Å². The predicted molar refractivity (Wildman–Crippen MR) is 67.4 cm³/mol. The number of imide groups is 1. The predicted octanol–water partition coefficient (Wildman–Crippen LogP) is 0.327. The maximum absolute atomic E-state index is 11.9. The number of aliphatic hydroxyl groups excluding tert-OH is 2. The average Bonchev–Trinajstić information content (AvgIpc) is 2.64. The van der Waals surface area contributed by atoms with Crippen LogP contribution in [0.4, 0.5) is 0 Å². The number of carbonyl (C=O) groups is 2. The molecule has 2 amide bonds. The van der Waals surface area contributed by atoms with E-state index in [1.54, 1.807) is 24.3 Å². The van der Waals surface area contributed by atoms with Gasteiger partial charge in [0.2, 0.25) is 0 Å². The number of hydrogen-bond donors (Lipinski definition) is 2. The third kappa shape index (κ3) is 2.40. The first kappa shape index (κ1) is 13.1. The average molecular weight is 267 g/mol. The molecule has 1 aromatic carbocycles. The molecule has 2 rings (SSSR count). The Hall–Kier alpha value is -1.37. The Bertz CT molecular complexity index is 442. The van der Waals surface area contributed by atoms with E-state index in [4.69, 9.17) is 5.11 Å². The van der Waals surface area contributed by atoms with Crippen molar-refractivity contribution in [1.29, 1.82) is 0 Å². The van der Waals surface area contributed by atoms with E-state index in [9.17, 15) is 14.7 Å². The Kier molecular flexibility index (Phi) is 4.00. The summed E-state index contributed by atoms with van der Waals surface area (Å²) >= 11 is 1.24. The van der Waals surface area contributed by atoms with Crippen LogP contribution in [0.2, 0.25) is 0 Å². The lowest BCUT2D eigenvalue weighted by Gasteiger charge is -2.14. The summed E-state index contributed by atoms with van der Waals surface area (Å²) in [7, 11) is 0. The number of benzene rings is 1. The quantitative estimate of drug-likeness (QED) is 0.752. The summed E-state index contributed by atoms with van der Waals surface area (Å²) in [5.74, 6) is -0.143. The highest BCUT2D eigenvalue weighted by Crippen LogP contribution is 2.24. The van der Waals surface area contributed by atoms with Crippen molar-refractivity contribution in [2.75, 3.05) is 18.2 Å². The second-order valence-electron chi connectivity index (χ2n) is 3.92. The van der Waals surface area contributed by atoms with Gasteiger partial charge in [0.15, 0.2) is 0 Å². The molecule has 0 fully saturated rings. The van der Waals surface area contributed by atoms with Crippen LogP contribution in [0.3, 0.4) is 0 Å².